The normalized spacial score (nSPS) is 27.3. The van der Waals surface area contributed by atoms with E-state index in [1.807, 2.05) is 18.2 Å². The van der Waals surface area contributed by atoms with Crippen molar-refractivity contribution >= 4 is 27.0 Å². The molecule has 230 valence electrons. The number of carbonyl (C=O) groups is 1. The van der Waals surface area contributed by atoms with Gasteiger partial charge in [0.1, 0.15) is 12.4 Å². The van der Waals surface area contributed by atoms with Gasteiger partial charge in [0.05, 0.1) is 11.7 Å². The molecule has 1 atom stereocenters. The fraction of sp³-hybridized carbons (Fsp3) is 0.545. The molecule has 1 N–H and O–H groups in total. The van der Waals surface area contributed by atoms with Crippen molar-refractivity contribution in [1.29, 1.82) is 0 Å². The van der Waals surface area contributed by atoms with Crippen molar-refractivity contribution in [2.75, 3.05) is 46.9 Å². The van der Waals surface area contributed by atoms with E-state index in [0.29, 0.717) is 18.1 Å². The summed E-state index contributed by atoms with van der Waals surface area (Å²) in [7, 11) is -0.208. The monoisotopic (exact) mass is 605 g/mol. The molecule has 0 spiro atoms. The molecule has 5 aliphatic rings. The lowest BCUT2D eigenvalue weighted by Crippen LogP contribution is -2.51. The molecule has 1 amide bonds. The largest absolute Gasteiger partial charge is 0.491 e. The summed E-state index contributed by atoms with van der Waals surface area (Å²) in [6.45, 7) is 4.75. The van der Waals surface area contributed by atoms with Crippen molar-refractivity contribution in [2.24, 2.45) is 0 Å². The Morgan fingerprint density at radius 2 is 1.65 bits per heavy atom. The quantitative estimate of drug-likeness (QED) is 0.442. The molecule has 3 aromatic rings. The Balaban J connectivity index is 1.42. The lowest BCUT2D eigenvalue weighted by molar-refractivity contribution is 0.0976. The summed E-state index contributed by atoms with van der Waals surface area (Å²) in [5.74, 6) is 0.723. The fourth-order valence-electron chi connectivity index (χ4n) is 7.74. The molecular formula is C33H43N5O4S. The van der Waals surface area contributed by atoms with Crippen LogP contribution in [0.25, 0.3) is 22.2 Å². The third kappa shape index (κ3) is 5.36. The number of nitrogens with zero attached hydrogens (tertiary/aromatic N) is 4. The van der Waals surface area contributed by atoms with E-state index in [9.17, 15) is 13.2 Å². The van der Waals surface area contributed by atoms with Crippen LogP contribution in [0.3, 0.4) is 0 Å². The van der Waals surface area contributed by atoms with Crippen molar-refractivity contribution in [3.05, 3.63) is 53.6 Å². The number of hydrogen-bond donors (Lipinski definition) is 1. The van der Waals surface area contributed by atoms with Gasteiger partial charge in [-0.2, -0.15) is 12.7 Å². The van der Waals surface area contributed by atoms with Gasteiger partial charge in [-0.15, -0.1) is 0 Å². The van der Waals surface area contributed by atoms with Crippen molar-refractivity contribution in [2.45, 2.75) is 69.5 Å². The van der Waals surface area contributed by atoms with Crippen molar-refractivity contribution in [1.82, 2.24) is 23.4 Å². The van der Waals surface area contributed by atoms with Gasteiger partial charge in [-0.1, -0.05) is 37.5 Å². The first-order chi connectivity index (χ1) is 20.8. The van der Waals surface area contributed by atoms with Crippen LogP contribution < -0.4 is 9.46 Å². The molecule has 0 radical (unpaired) electrons. The van der Waals surface area contributed by atoms with Crippen LogP contribution in [-0.4, -0.2) is 92.0 Å². The van der Waals surface area contributed by atoms with Crippen LogP contribution in [0.5, 0.6) is 5.75 Å². The fourth-order valence-corrected chi connectivity index (χ4v) is 8.84. The van der Waals surface area contributed by atoms with Gasteiger partial charge in [0.2, 0.25) is 0 Å². The molecule has 8 rings (SSSR count). The van der Waals surface area contributed by atoms with Gasteiger partial charge in [-0.3, -0.25) is 9.69 Å². The second-order valence-corrected chi connectivity index (χ2v) is 14.6. The Hall–Kier alpha value is -2.92. The summed E-state index contributed by atoms with van der Waals surface area (Å²) >= 11 is 0. The first-order valence-corrected chi connectivity index (χ1v) is 17.3. The molecule has 2 aromatic carbocycles. The summed E-state index contributed by atoms with van der Waals surface area (Å²) in [5.41, 5.74) is 4.95. The number of likely N-dealkylation sites (N-methyl/N-ethyl adjacent to an activating group) is 1. The van der Waals surface area contributed by atoms with E-state index in [0.717, 1.165) is 80.6 Å². The minimum Gasteiger partial charge on any atom is -0.491 e. The molecule has 4 aliphatic heterocycles. The summed E-state index contributed by atoms with van der Waals surface area (Å²) in [5, 5.41) is 1.15. The molecule has 0 unspecified atom stereocenters. The van der Waals surface area contributed by atoms with Crippen LogP contribution in [0.2, 0.25) is 0 Å². The van der Waals surface area contributed by atoms with Gasteiger partial charge in [0, 0.05) is 54.8 Å². The smallest absolute Gasteiger partial charge is 0.304 e. The predicted octanol–water partition coefficient (Wildman–Crippen LogP) is 4.43. The molecule has 1 saturated heterocycles. The van der Waals surface area contributed by atoms with Crippen molar-refractivity contribution < 1.29 is 17.9 Å². The number of para-hydroxylation sites is 1. The molecule has 5 heterocycles. The van der Waals surface area contributed by atoms with E-state index >= 15 is 0 Å². The molecule has 1 saturated carbocycles. The lowest BCUT2D eigenvalue weighted by atomic mass is 9.81. The maximum atomic E-state index is 13.6. The molecule has 43 heavy (non-hydrogen) atoms. The first-order valence-electron chi connectivity index (χ1n) is 15.9. The van der Waals surface area contributed by atoms with Gasteiger partial charge in [-0.05, 0) is 81.6 Å². The molecule has 6 bridgehead atoms. The highest BCUT2D eigenvalue weighted by Crippen LogP contribution is 2.47. The zero-order chi connectivity index (χ0) is 29.7. The highest BCUT2D eigenvalue weighted by Gasteiger charge is 2.34. The molecule has 1 aromatic heterocycles. The van der Waals surface area contributed by atoms with Gasteiger partial charge < -0.3 is 14.2 Å². The average Bonchev–Trinajstić information content (AvgIpc) is 3.33. The third-order valence-corrected chi connectivity index (χ3v) is 11.9. The average molecular weight is 606 g/mol. The SMILES string of the molecule is CN1CCN2CCC(CC2)N(C)S(=O)(=O)NC(=O)c2ccc3c(C4CCCCC4)c4n(c3c2)C[C@@H]1COc1ccccc1-4. The van der Waals surface area contributed by atoms with Crippen LogP contribution in [0.15, 0.2) is 42.5 Å². The second-order valence-electron chi connectivity index (χ2n) is 12.9. The Morgan fingerprint density at radius 1 is 0.884 bits per heavy atom. The predicted molar refractivity (Wildman–Crippen MR) is 169 cm³/mol. The Kier molecular flexibility index (Phi) is 7.74. The maximum absolute atomic E-state index is 13.6. The minimum absolute atomic E-state index is 0.124. The second kappa shape index (κ2) is 11.5. The summed E-state index contributed by atoms with van der Waals surface area (Å²) in [4.78, 5) is 18.4. The summed E-state index contributed by atoms with van der Waals surface area (Å²) in [6, 6.07) is 14.1. The van der Waals surface area contributed by atoms with E-state index in [-0.39, 0.29) is 12.1 Å². The number of piperidine rings is 1. The first kappa shape index (κ1) is 28.8. The van der Waals surface area contributed by atoms with E-state index in [4.69, 9.17) is 4.74 Å². The van der Waals surface area contributed by atoms with Gasteiger partial charge in [-0.25, -0.2) is 4.72 Å². The number of fused-ring (bicyclic) bond motifs is 9. The van der Waals surface area contributed by atoms with Crippen LogP contribution in [0.4, 0.5) is 0 Å². The zero-order valence-electron chi connectivity index (χ0n) is 25.3. The zero-order valence-corrected chi connectivity index (χ0v) is 26.1. The number of amides is 1. The lowest BCUT2D eigenvalue weighted by Gasteiger charge is -2.37. The summed E-state index contributed by atoms with van der Waals surface area (Å²) < 4.78 is 39.4. The highest BCUT2D eigenvalue weighted by atomic mass is 32.2. The summed E-state index contributed by atoms with van der Waals surface area (Å²) in [6.07, 6.45) is 7.45. The van der Waals surface area contributed by atoms with Gasteiger partial charge >= 0.3 is 10.2 Å². The molecule has 1 aliphatic carbocycles. The van der Waals surface area contributed by atoms with Crippen LogP contribution in [-0.2, 0) is 16.8 Å². The van der Waals surface area contributed by atoms with Crippen molar-refractivity contribution in [3.8, 4) is 17.0 Å². The van der Waals surface area contributed by atoms with Gasteiger partial charge in [0.25, 0.3) is 5.91 Å². The van der Waals surface area contributed by atoms with Crippen LogP contribution >= 0.6 is 0 Å². The maximum Gasteiger partial charge on any atom is 0.304 e. The van der Waals surface area contributed by atoms with E-state index in [2.05, 4.69) is 44.3 Å². The number of aromatic nitrogens is 1. The number of benzene rings is 2. The van der Waals surface area contributed by atoms with Crippen molar-refractivity contribution in [3.63, 3.8) is 0 Å². The number of ether oxygens (including phenoxy) is 1. The third-order valence-electron chi connectivity index (χ3n) is 10.4. The standard InChI is InChI=1S/C33H43N5O4S/c1-35-18-19-37-16-14-25(15-17-37)36(2)43(40,41)34-33(39)24-12-13-27-29(20-24)38-21-26(35)22-42-30-11-7-6-10-28(30)32(38)31(27)23-8-4-3-5-9-23/h6-7,10-13,20,23,25-26H,3-5,8-9,14-19,21-22H2,1-2H3,(H,34,39)/t26-/m1/s1. The Labute approximate surface area is 255 Å². The molecule has 2 fully saturated rings. The van der Waals surface area contributed by atoms with Crippen LogP contribution in [0, 0.1) is 0 Å². The van der Waals surface area contributed by atoms with E-state index in [1.54, 1.807) is 13.1 Å². The number of rotatable bonds is 1. The Morgan fingerprint density at radius 3 is 2.44 bits per heavy atom. The van der Waals surface area contributed by atoms with Gasteiger partial charge in [0.15, 0.2) is 0 Å². The number of nitrogens with one attached hydrogen (secondary N) is 1. The molecular weight excluding hydrogens is 562 g/mol. The minimum atomic E-state index is -3.99. The highest BCUT2D eigenvalue weighted by molar-refractivity contribution is 7.87. The molecule has 9 nitrogen and oxygen atoms in total. The number of hydrogen-bond acceptors (Lipinski definition) is 6. The van der Waals surface area contributed by atoms with E-state index < -0.39 is 16.1 Å². The Bertz CT molecular complexity index is 1620. The van der Waals surface area contributed by atoms with E-state index in [1.165, 1.54) is 34.8 Å². The topological polar surface area (TPSA) is 87.1 Å². The molecule has 10 heteroatoms. The van der Waals surface area contributed by atoms with Crippen LogP contribution in [0.1, 0.15) is 66.8 Å². The number of carbonyl (C=O) groups excluding carboxylic acids is 1.